The summed E-state index contributed by atoms with van der Waals surface area (Å²) in [6, 6.07) is 9.38. The predicted molar refractivity (Wildman–Crippen MR) is 90.8 cm³/mol. The molecule has 0 spiro atoms. The topological polar surface area (TPSA) is 72.3 Å². The molecule has 1 atom stereocenters. The van der Waals surface area contributed by atoms with Gasteiger partial charge in [-0.1, -0.05) is 18.2 Å². The molecule has 0 saturated heterocycles. The first-order chi connectivity index (χ1) is 11.6. The summed E-state index contributed by atoms with van der Waals surface area (Å²) < 4.78 is 7.35. The van der Waals surface area contributed by atoms with E-state index in [1.165, 1.54) is 6.33 Å². The van der Waals surface area contributed by atoms with Crippen LogP contribution in [0.3, 0.4) is 0 Å². The number of para-hydroxylation sites is 1. The van der Waals surface area contributed by atoms with Crippen molar-refractivity contribution in [3.8, 4) is 5.75 Å². The maximum Gasteiger partial charge on any atom is 0.251 e. The number of carbonyl (C=O) groups excluding carboxylic acids is 1. The highest BCUT2D eigenvalue weighted by Crippen LogP contribution is 2.32. The van der Waals surface area contributed by atoms with Gasteiger partial charge < -0.3 is 15.0 Å². The molecule has 1 aliphatic heterocycles. The summed E-state index contributed by atoms with van der Waals surface area (Å²) in [5, 5.41) is 7.13. The molecule has 3 rings (SSSR count). The fraction of sp³-hybridized carbons (Fsp3) is 0.353. The van der Waals surface area contributed by atoms with Gasteiger partial charge in [-0.3, -0.25) is 4.79 Å². The number of hydrogen-bond acceptors (Lipinski definition) is 5. The molecule has 2 heterocycles. The first kappa shape index (κ1) is 16.0. The number of carbonyl (C=O) groups is 1. The van der Waals surface area contributed by atoms with Crippen molar-refractivity contribution in [2.24, 2.45) is 0 Å². The third kappa shape index (κ3) is 2.97. The van der Waals surface area contributed by atoms with Gasteiger partial charge >= 0.3 is 0 Å². The van der Waals surface area contributed by atoms with E-state index in [1.54, 1.807) is 4.68 Å². The van der Waals surface area contributed by atoms with Crippen LogP contribution in [0.25, 0.3) is 0 Å². The Bertz CT molecular complexity index is 753. The molecule has 0 radical (unpaired) electrons. The molecule has 2 aromatic rings. The number of nitrogens with zero attached hydrogens (tertiary/aromatic N) is 4. The Hall–Kier alpha value is -2.83. The third-order valence-electron chi connectivity index (χ3n) is 4.18. The fourth-order valence-corrected chi connectivity index (χ4v) is 2.81. The van der Waals surface area contributed by atoms with Gasteiger partial charge in [-0.05, 0) is 26.0 Å². The van der Waals surface area contributed by atoms with Crippen molar-refractivity contribution >= 4 is 11.9 Å². The number of aromatic nitrogens is 3. The van der Waals surface area contributed by atoms with E-state index in [2.05, 4.69) is 15.4 Å². The first-order valence-electron chi connectivity index (χ1n) is 7.89. The number of anilines is 1. The molecule has 1 aromatic heterocycles. The molecule has 1 N–H and O–H groups in total. The molecule has 126 valence electrons. The number of ether oxygens (including phenoxy) is 1. The minimum Gasteiger partial charge on any atom is -0.492 e. The summed E-state index contributed by atoms with van der Waals surface area (Å²) >= 11 is 0. The van der Waals surface area contributed by atoms with E-state index in [4.69, 9.17) is 4.74 Å². The predicted octanol–water partition coefficient (Wildman–Crippen LogP) is 1.76. The van der Waals surface area contributed by atoms with Crippen LogP contribution in [-0.2, 0) is 4.79 Å². The lowest BCUT2D eigenvalue weighted by Crippen LogP contribution is -2.38. The number of nitrogens with one attached hydrogen (secondary N) is 1. The summed E-state index contributed by atoms with van der Waals surface area (Å²) in [6.07, 6.45) is 1.50. The zero-order valence-electron chi connectivity index (χ0n) is 14.1. The van der Waals surface area contributed by atoms with Crippen molar-refractivity contribution in [2.75, 3.05) is 25.1 Å². The zero-order chi connectivity index (χ0) is 17.1. The maximum atomic E-state index is 12.6. The van der Waals surface area contributed by atoms with E-state index in [9.17, 15) is 4.79 Å². The number of benzene rings is 1. The summed E-state index contributed by atoms with van der Waals surface area (Å²) in [4.78, 5) is 18.7. The van der Waals surface area contributed by atoms with Gasteiger partial charge in [0, 0.05) is 12.7 Å². The second kappa shape index (κ2) is 6.74. The van der Waals surface area contributed by atoms with Crippen molar-refractivity contribution in [1.29, 1.82) is 0 Å². The smallest absolute Gasteiger partial charge is 0.251 e. The minimum absolute atomic E-state index is 0.107. The quantitative estimate of drug-likeness (QED) is 0.847. The third-order valence-corrected chi connectivity index (χ3v) is 4.18. The molecular weight excluding hydrogens is 306 g/mol. The van der Waals surface area contributed by atoms with E-state index >= 15 is 0 Å². The van der Waals surface area contributed by atoms with Gasteiger partial charge in [0.1, 0.15) is 18.7 Å². The Labute approximate surface area is 140 Å². The monoisotopic (exact) mass is 327 g/mol. The van der Waals surface area contributed by atoms with Gasteiger partial charge in [0.15, 0.2) is 0 Å². The van der Waals surface area contributed by atoms with E-state index in [0.29, 0.717) is 18.7 Å². The van der Waals surface area contributed by atoms with Crippen molar-refractivity contribution < 1.29 is 9.53 Å². The van der Waals surface area contributed by atoms with E-state index < -0.39 is 0 Å². The molecule has 0 fully saturated rings. The highest BCUT2D eigenvalue weighted by atomic mass is 16.5. The maximum absolute atomic E-state index is 12.6. The highest BCUT2D eigenvalue weighted by Gasteiger charge is 2.31. The van der Waals surface area contributed by atoms with Gasteiger partial charge in [0.25, 0.3) is 5.91 Å². The lowest BCUT2D eigenvalue weighted by atomic mass is 10.0. The number of rotatable bonds is 5. The standard InChI is InChI=1S/C17H21N5O2/c1-12-15(13(2)22-17(21(12)3)19-11-20-22)16(23)18-9-10-24-14-7-5-4-6-8-14/h4-8,11,13H,9-10H2,1-3H3,(H,18,23)/t13-/m1/s1. The van der Waals surface area contributed by atoms with Crippen LogP contribution in [0.1, 0.15) is 19.9 Å². The normalized spacial score (nSPS) is 16.8. The SMILES string of the molecule is CC1=C(C(=O)NCCOc2ccccc2)[C@@H](C)n2ncnc2N1C. The Kier molecular flexibility index (Phi) is 4.50. The van der Waals surface area contributed by atoms with E-state index in [0.717, 1.165) is 17.4 Å². The fourth-order valence-electron chi connectivity index (χ4n) is 2.81. The number of amides is 1. The summed E-state index contributed by atoms with van der Waals surface area (Å²) in [7, 11) is 1.88. The summed E-state index contributed by atoms with van der Waals surface area (Å²) in [6.45, 7) is 4.72. The average molecular weight is 327 g/mol. The van der Waals surface area contributed by atoms with Crippen LogP contribution in [-0.4, -0.2) is 40.9 Å². The molecule has 1 amide bonds. The molecular formula is C17H21N5O2. The number of fused-ring (bicyclic) bond motifs is 1. The van der Waals surface area contributed by atoms with Crippen LogP contribution in [0.15, 0.2) is 47.9 Å². The van der Waals surface area contributed by atoms with Crippen LogP contribution in [0.5, 0.6) is 5.75 Å². The molecule has 7 nitrogen and oxygen atoms in total. The van der Waals surface area contributed by atoms with Crippen molar-refractivity contribution in [2.45, 2.75) is 19.9 Å². The van der Waals surface area contributed by atoms with Crippen LogP contribution >= 0.6 is 0 Å². The van der Waals surface area contributed by atoms with Crippen LogP contribution in [0.4, 0.5) is 5.95 Å². The number of hydrogen-bond donors (Lipinski definition) is 1. The van der Waals surface area contributed by atoms with E-state index in [1.807, 2.05) is 56.1 Å². The van der Waals surface area contributed by atoms with Crippen LogP contribution in [0, 0.1) is 0 Å². The molecule has 0 saturated carbocycles. The van der Waals surface area contributed by atoms with Crippen molar-refractivity contribution in [3.05, 3.63) is 47.9 Å². The molecule has 24 heavy (non-hydrogen) atoms. The Morgan fingerprint density at radius 2 is 2.08 bits per heavy atom. The largest absolute Gasteiger partial charge is 0.492 e. The van der Waals surface area contributed by atoms with Gasteiger partial charge in [-0.15, -0.1) is 0 Å². The zero-order valence-corrected chi connectivity index (χ0v) is 14.1. The Morgan fingerprint density at radius 1 is 1.33 bits per heavy atom. The molecule has 1 aliphatic rings. The van der Waals surface area contributed by atoms with Gasteiger partial charge in [-0.2, -0.15) is 10.1 Å². The van der Waals surface area contributed by atoms with Crippen molar-refractivity contribution in [1.82, 2.24) is 20.1 Å². The van der Waals surface area contributed by atoms with E-state index in [-0.39, 0.29) is 11.9 Å². The molecule has 1 aromatic carbocycles. The Balaban J connectivity index is 1.61. The van der Waals surface area contributed by atoms with Crippen molar-refractivity contribution in [3.63, 3.8) is 0 Å². The Morgan fingerprint density at radius 3 is 2.83 bits per heavy atom. The van der Waals surface area contributed by atoms with Crippen LogP contribution < -0.4 is 15.0 Å². The lowest BCUT2D eigenvalue weighted by Gasteiger charge is -2.31. The van der Waals surface area contributed by atoms with Gasteiger partial charge in [0.2, 0.25) is 5.95 Å². The van der Waals surface area contributed by atoms with Gasteiger partial charge in [-0.25, -0.2) is 4.68 Å². The average Bonchev–Trinajstić information content (AvgIpc) is 3.08. The highest BCUT2D eigenvalue weighted by molar-refractivity contribution is 5.96. The minimum atomic E-state index is -0.159. The number of allylic oxidation sites excluding steroid dienone is 1. The van der Waals surface area contributed by atoms with Gasteiger partial charge in [0.05, 0.1) is 18.2 Å². The van der Waals surface area contributed by atoms with Crippen LogP contribution in [0.2, 0.25) is 0 Å². The first-order valence-corrected chi connectivity index (χ1v) is 7.89. The second-order valence-electron chi connectivity index (χ2n) is 5.66. The summed E-state index contributed by atoms with van der Waals surface area (Å²) in [5.41, 5.74) is 1.57. The molecule has 0 bridgehead atoms. The molecule has 0 unspecified atom stereocenters. The second-order valence-corrected chi connectivity index (χ2v) is 5.66. The molecule has 0 aliphatic carbocycles. The summed E-state index contributed by atoms with van der Waals surface area (Å²) in [5.74, 6) is 1.42. The molecule has 7 heteroatoms. The lowest BCUT2D eigenvalue weighted by molar-refractivity contribution is -0.118.